The van der Waals surface area contributed by atoms with E-state index in [0.29, 0.717) is 36.8 Å². The largest absolute Gasteiger partial charge is 0.491 e. The van der Waals surface area contributed by atoms with Gasteiger partial charge in [-0.25, -0.2) is 0 Å². The van der Waals surface area contributed by atoms with Gasteiger partial charge in [-0.1, -0.05) is 12.1 Å². The Morgan fingerprint density at radius 2 is 1.77 bits per heavy atom. The van der Waals surface area contributed by atoms with Gasteiger partial charge in [0.1, 0.15) is 12.4 Å². The number of rotatable bonds is 10. The predicted octanol–water partition coefficient (Wildman–Crippen LogP) is 3.39. The molecule has 0 bridgehead atoms. The van der Waals surface area contributed by atoms with Gasteiger partial charge in [0.15, 0.2) is 0 Å². The van der Waals surface area contributed by atoms with Crippen molar-refractivity contribution in [2.24, 2.45) is 0 Å². The molecule has 1 saturated heterocycles. The average Bonchev–Trinajstić information content (AvgIpc) is 3.30. The van der Waals surface area contributed by atoms with Crippen molar-refractivity contribution in [2.75, 3.05) is 50.1 Å². The van der Waals surface area contributed by atoms with Crippen LogP contribution in [0.3, 0.4) is 0 Å². The molecule has 160 valence electrons. The third-order valence-corrected chi connectivity index (χ3v) is 4.77. The molecule has 2 N–H and O–H groups in total. The summed E-state index contributed by atoms with van der Waals surface area (Å²) in [5.74, 6) is 0.535. The van der Waals surface area contributed by atoms with Crippen LogP contribution in [0.15, 0.2) is 48.5 Å². The highest BCUT2D eigenvalue weighted by atomic mass is 16.5. The van der Waals surface area contributed by atoms with Crippen molar-refractivity contribution in [3.63, 3.8) is 0 Å². The fourth-order valence-electron chi connectivity index (χ4n) is 3.28. The number of hydrogen-bond donors (Lipinski definition) is 2. The lowest BCUT2D eigenvalue weighted by molar-refractivity contribution is -0.114. The van der Waals surface area contributed by atoms with Crippen LogP contribution in [0.4, 0.5) is 11.4 Å². The summed E-state index contributed by atoms with van der Waals surface area (Å²) in [7, 11) is 0. The third-order valence-electron chi connectivity index (χ3n) is 4.77. The maximum atomic E-state index is 12.5. The molecular weight excluding hydrogens is 382 g/mol. The van der Waals surface area contributed by atoms with Crippen molar-refractivity contribution in [2.45, 2.75) is 19.8 Å². The van der Waals surface area contributed by atoms with Gasteiger partial charge >= 0.3 is 0 Å². The fraction of sp³-hybridized carbons (Fsp3) is 0.391. The SMILES string of the molecule is CCOCCOc1cccc(NC(=O)CNc2cccc(C(=O)N3CCCC3)c2)c1. The molecule has 0 aromatic heterocycles. The standard InChI is InChI=1S/C23H29N3O4/c1-2-29-13-14-30-21-10-6-9-20(16-21)25-22(27)17-24-19-8-5-7-18(15-19)23(28)26-11-3-4-12-26/h5-10,15-16,24H,2-4,11-14,17H2,1H3,(H,25,27). The number of nitrogens with zero attached hydrogens (tertiary/aromatic N) is 1. The van der Waals surface area contributed by atoms with Gasteiger partial charge in [0, 0.05) is 42.7 Å². The zero-order valence-electron chi connectivity index (χ0n) is 17.4. The van der Waals surface area contributed by atoms with E-state index in [4.69, 9.17) is 9.47 Å². The van der Waals surface area contributed by atoms with Crippen molar-refractivity contribution in [3.8, 4) is 5.75 Å². The molecule has 0 radical (unpaired) electrons. The van der Waals surface area contributed by atoms with E-state index < -0.39 is 0 Å². The molecule has 1 fully saturated rings. The summed E-state index contributed by atoms with van der Waals surface area (Å²) in [5.41, 5.74) is 2.04. The Bertz CT molecular complexity index is 850. The smallest absolute Gasteiger partial charge is 0.253 e. The van der Waals surface area contributed by atoms with E-state index in [-0.39, 0.29) is 18.4 Å². The molecular formula is C23H29N3O4. The minimum Gasteiger partial charge on any atom is -0.491 e. The molecule has 1 aliphatic heterocycles. The Labute approximate surface area is 177 Å². The number of carbonyl (C=O) groups is 2. The lowest BCUT2D eigenvalue weighted by Gasteiger charge is -2.16. The first-order chi connectivity index (χ1) is 14.7. The van der Waals surface area contributed by atoms with Crippen molar-refractivity contribution in [3.05, 3.63) is 54.1 Å². The number of likely N-dealkylation sites (tertiary alicyclic amines) is 1. The molecule has 0 saturated carbocycles. The van der Waals surface area contributed by atoms with Crippen molar-refractivity contribution in [1.29, 1.82) is 0 Å². The van der Waals surface area contributed by atoms with Crippen LogP contribution in [0.5, 0.6) is 5.75 Å². The van der Waals surface area contributed by atoms with Gasteiger partial charge in [-0.2, -0.15) is 0 Å². The second kappa shape index (κ2) is 11.2. The van der Waals surface area contributed by atoms with Gasteiger partial charge in [-0.05, 0) is 50.1 Å². The summed E-state index contributed by atoms with van der Waals surface area (Å²) in [6, 6.07) is 14.5. The first-order valence-corrected chi connectivity index (χ1v) is 10.4. The van der Waals surface area contributed by atoms with Crippen molar-refractivity contribution >= 4 is 23.2 Å². The Kier molecular flexibility index (Phi) is 8.09. The van der Waals surface area contributed by atoms with Crippen LogP contribution in [-0.4, -0.2) is 56.2 Å². The summed E-state index contributed by atoms with van der Waals surface area (Å²) in [5, 5.41) is 5.93. The molecule has 2 aromatic rings. The van der Waals surface area contributed by atoms with Crippen LogP contribution < -0.4 is 15.4 Å². The number of nitrogens with one attached hydrogen (secondary N) is 2. The zero-order chi connectivity index (χ0) is 21.2. The van der Waals surface area contributed by atoms with Crippen LogP contribution in [0.2, 0.25) is 0 Å². The molecule has 30 heavy (non-hydrogen) atoms. The Morgan fingerprint density at radius 1 is 1.00 bits per heavy atom. The second-order valence-electron chi connectivity index (χ2n) is 7.06. The van der Waals surface area contributed by atoms with Gasteiger partial charge in [0.2, 0.25) is 5.91 Å². The number of ether oxygens (including phenoxy) is 2. The van der Waals surface area contributed by atoms with Crippen LogP contribution in [0.1, 0.15) is 30.1 Å². The average molecular weight is 412 g/mol. The maximum absolute atomic E-state index is 12.5. The van der Waals surface area contributed by atoms with E-state index in [1.54, 1.807) is 12.1 Å². The fourth-order valence-corrected chi connectivity index (χ4v) is 3.28. The van der Waals surface area contributed by atoms with Gasteiger partial charge in [-0.15, -0.1) is 0 Å². The van der Waals surface area contributed by atoms with Crippen LogP contribution in [-0.2, 0) is 9.53 Å². The molecule has 1 heterocycles. The highest BCUT2D eigenvalue weighted by molar-refractivity contribution is 5.96. The molecule has 7 nitrogen and oxygen atoms in total. The number of anilines is 2. The van der Waals surface area contributed by atoms with E-state index in [1.165, 1.54) is 0 Å². The first kappa shape index (κ1) is 21.6. The molecule has 0 atom stereocenters. The molecule has 0 spiro atoms. The predicted molar refractivity (Wildman–Crippen MR) is 117 cm³/mol. The molecule has 2 aromatic carbocycles. The maximum Gasteiger partial charge on any atom is 0.253 e. The molecule has 2 amide bonds. The molecule has 7 heteroatoms. The van der Waals surface area contributed by atoms with Crippen LogP contribution in [0, 0.1) is 0 Å². The van der Waals surface area contributed by atoms with E-state index in [9.17, 15) is 9.59 Å². The third kappa shape index (κ3) is 6.49. The summed E-state index contributed by atoms with van der Waals surface area (Å²) in [6.45, 7) is 5.29. The Hall–Kier alpha value is -3.06. The molecule has 3 rings (SSSR count). The minimum absolute atomic E-state index is 0.0433. The highest BCUT2D eigenvalue weighted by Crippen LogP contribution is 2.18. The van der Waals surface area contributed by atoms with Gasteiger partial charge in [-0.3, -0.25) is 9.59 Å². The zero-order valence-corrected chi connectivity index (χ0v) is 17.4. The number of hydrogen-bond acceptors (Lipinski definition) is 5. The lowest BCUT2D eigenvalue weighted by Crippen LogP contribution is -2.27. The van der Waals surface area contributed by atoms with Crippen molar-refractivity contribution < 1.29 is 19.1 Å². The number of benzene rings is 2. The summed E-state index contributed by atoms with van der Waals surface area (Å²) >= 11 is 0. The number of carbonyl (C=O) groups excluding carboxylic acids is 2. The van der Waals surface area contributed by atoms with Crippen molar-refractivity contribution in [1.82, 2.24) is 4.90 Å². The van der Waals surface area contributed by atoms with Gasteiger partial charge in [0.25, 0.3) is 5.91 Å². The van der Waals surface area contributed by atoms with Crippen LogP contribution in [0.25, 0.3) is 0 Å². The van der Waals surface area contributed by atoms with Crippen LogP contribution >= 0.6 is 0 Å². The summed E-state index contributed by atoms with van der Waals surface area (Å²) < 4.78 is 10.9. The van der Waals surface area contributed by atoms with E-state index >= 15 is 0 Å². The molecule has 1 aliphatic rings. The second-order valence-corrected chi connectivity index (χ2v) is 7.06. The molecule has 0 unspecified atom stereocenters. The monoisotopic (exact) mass is 411 g/mol. The number of amides is 2. The minimum atomic E-state index is -0.183. The Balaban J connectivity index is 1.49. The summed E-state index contributed by atoms with van der Waals surface area (Å²) in [6.07, 6.45) is 2.12. The van der Waals surface area contributed by atoms with Gasteiger partial charge in [0.05, 0.1) is 13.2 Å². The summed E-state index contributed by atoms with van der Waals surface area (Å²) in [4.78, 5) is 26.7. The van der Waals surface area contributed by atoms with E-state index in [2.05, 4.69) is 10.6 Å². The van der Waals surface area contributed by atoms with E-state index in [1.807, 2.05) is 48.2 Å². The normalized spacial score (nSPS) is 13.2. The Morgan fingerprint density at radius 3 is 2.57 bits per heavy atom. The first-order valence-electron chi connectivity index (χ1n) is 10.4. The highest BCUT2D eigenvalue weighted by Gasteiger charge is 2.19. The molecule has 0 aliphatic carbocycles. The topological polar surface area (TPSA) is 79.9 Å². The van der Waals surface area contributed by atoms with Gasteiger partial charge < -0.3 is 25.0 Å². The lowest BCUT2D eigenvalue weighted by atomic mass is 10.1. The van der Waals surface area contributed by atoms with E-state index in [0.717, 1.165) is 31.6 Å². The quantitative estimate of drug-likeness (QED) is 0.586.